The van der Waals surface area contributed by atoms with Crippen molar-refractivity contribution in [2.24, 2.45) is 0 Å². The summed E-state index contributed by atoms with van der Waals surface area (Å²) in [6.45, 7) is 7.06. The summed E-state index contributed by atoms with van der Waals surface area (Å²) in [6.07, 6.45) is 2.01. The predicted molar refractivity (Wildman–Crippen MR) is 82.0 cm³/mol. The van der Waals surface area contributed by atoms with Gasteiger partial charge in [0.05, 0.1) is 17.8 Å². The van der Waals surface area contributed by atoms with Gasteiger partial charge < -0.3 is 10.1 Å². The van der Waals surface area contributed by atoms with E-state index in [-0.39, 0.29) is 12.1 Å². The molecule has 1 aromatic heterocycles. The third-order valence-corrected chi connectivity index (χ3v) is 2.95. The van der Waals surface area contributed by atoms with Crippen LogP contribution in [0.4, 0.5) is 0 Å². The van der Waals surface area contributed by atoms with E-state index < -0.39 is 0 Å². The second-order valence-electron chi connectivity index (χ2n) is 4.98. The first-order valence-electron chi connectivity index (χ1n) is 7.11. The fourth-order valence-electron chi connectivity index (χ4n) is 2.18. The summed E-state index contributed by atoms with van der Waals surface area (Å²) >= 11 is 0. The largest absolute Gasteiger partial charge is 0.491 e. The second-order valence-corrected chi connectivity index (χ2v) is 4.98. The summed E-state index contributed by atoms with van der Waals surface area (Å²) in [7, 11) is 0. The fourth-order valence-corrected chi connectivity index (χ4v) is 2.18. The van der Waals surface area contributed by atoms with Crippen LogP contribution in [0.2, 0.25) is 0 Å². The maximum atomic E-state index is 5.77. The van der Waals surface area contributed by atoms with Crippen molar-refractivity contribution in [1.29, 1.82) is 0 Å². The molecular formula is C17H22N2O. The van der Waals surface area contributed by atoms with Crippen LogP contribution in [-0.2, 0) is 0 Å². The molecule has 3 nitrogen and oxygen atoms in total. The summed E-state index contributed by atoms with van der Waals surface area (Å²) in [6, 6.07) is 14.3. The lowest BCUT2D eigenvalue weighted by molar-refractivity contribution is 0.242. The van der Waals surface area contributed by atoms with Crippen molar-refractivity contribution < 1.29 is 4.74 Å². The molecule has 0 saturated carbocycles. The monoisotopic (exact) mass is 270 g/mol. The SMILES string of the molecule is CCNC(c1cccc(OC(C)C)c1)c1ccccn1. The minimum absolute atomic E-state index is 0.0944. The third-order valence-electron chi connectivity index (χ3n) is 2.95. The molecule has 106 valence electrons. The number of nitrogens with zero attached hydrogens (tertiary/aromatic N) is 1. The maximum Gasteiger partial charge on any atom is 0.120 e. The van der Waals surface area contributed by atoms with Gasteiger partial charge in [0.15, 0.2) is 0 Å². The number of hydrogen-bond donors (Lipinski definition) is 1. The van der Waals surface area contributed by atoms with Gasteiger partial charge in [0, 0.05) is 6.20 Å². The summed E-state index contributed by atoms with van der Waals surface area (Å²) in [5.41, 5.74) is 2.19. The first kappa shape index (κ1) is 14.5. The molecule has 1 unspecified atom stereocenters. The first-order valence-corrected chi connectivity index (χ1v) is 7.11. The van der Waals surface area contributed by atoms with Crippen molar-refractivity contribution in [2.45, 2.75) is 32.9 Å². The molecule has 0 aliphatic heterocycles. The lowest BCUT2D eigenvalue weighted by Crippen LogP contribution is -2.23. The van der Waals surface area contributed by atoms with Crippen LogP contribution in [0, 0.1) is 0 Å². The Balaban J connectivity index is 2.30. The Bertz CT molecular complexity index is 526. The smallest absolute Gasteiger partial charge is 0.120 e. The topological polar surface area (TPSA) is 34.1 Å². The number of nitrogens with one attached hydrogen (secondary N) is 1. The van der Waals surface area contributed by atoms with Crippen LogP contribution in [0.1, 0.15) is 38.1 Å². The standard InChI is InChI=1S/C17H22N2O/c1-4-18-17(16-10-5-6-11-19-16)14-8-7-9-15(12-14)20-13(2)3/h5-13,17-18H,4H2,1-3H3. The molecule has 0 bridgehead atoms. The van der Waals surface area contributed by atoms with E-state index in [9.17, 15) is 0 Å². The van der Waals surface area contributed by atoms with E-state index >= 15 is 0 Å². The summed E-state index contributed by atoms with van der Waals surface area (Å²) in [5, 5.41) is 3.48. The average molecular weight is 270 g/mol. The average Bonchev–Trinajstić information content (AvgIpc) is 2.45. The van der Waals surface area contributed by atoms with Crippen molar-refractivity contribution in [2.75, 3.05) is 6.54 Å². The number of rotatable bonds is 6. The molecule has 3 heteroatoms. The van der Waals surface area contributed by atoms with E-state index in [0.29, 0.717) is 0 Å². The second kappa shape index (κ2) is 7.06. The van der Waals surface area contributed by atoms with Crippen LogP contribution in [0.15, 0.2) is 48.7 Å². The van der Waals surface area contributed by atoms with Gasteiger partial charge in [-0.2, -0.15) is 0 Å². The molecule has 0 aliphatic rings. The Labute approximate surface area is 121 Å². The zero-order valence-electron chi connectivity index (χ0n) is 12.3. The minimum Gasteiger partial charge on any atom is -0.491 e. The van der Waals surface area contributed by atoms with Gasteiger partial charge in [0.25, 0.3) is 0 Å². The predicted octanol–water partition coefficient (Wildman–Crippen LogP) is 3.57. The quantitative estimate of drug-likeness (QED) is 0.871. The van der Waals surface area contributed by atoms with Gasteiger partial charge in [0.2, 0.25) is 0 Å². The van der Waals surface area contributed by atoms with E-state index in [1.165, 1.54) is 5.56 Å². The molecule has 20 heavy (non-hydrogen) atoms. The normalized spacial score (nSPS) is 12.4. The van der Waals surface area contributed by atoms with Crippen molar-refractivity contribution in [3.8, 4) is 5.75 Å². The highest BCUT2D eigenvalue weighted by atomic mass is 16.5. The number of aromatic nitrogens is 1. The molecule has 1 heterocycles. The van der Waals surface area contributed by atoms with Crippen molar-refractivity contribution in [3.63, 3.8) is 0 Å². The van der Waals surface area contributed by atoms with Crippen LogP contribution in [0.25, 0.3) is 0 Å². The molecule has 0 amide bonds. The van der Waals surface area contributed by atoms with Gasteiger partial charge >= 0.3 is 0 Å². The van der Waals surface area contributed by atoms with Crippen molar-refractivity contribution in [3.05, 3.63) is 59.9 Å². The highest BCUT2D eigenvalue weighted by molar-refractivity contribution is 5.34. The number of pyridine rings is 1. The van der Waals surface area contributed by atoms with Gasteiger partial charge in [-0.05, 0) is 50.2 Å². The Kier molecular flexibility index (Phi) is 5.13. The van der Waals surface area contributed by atoms with E-state index in [1.807, 2.05) is 50.4 Å². The molecule has 0 saturated heterocycles. The highest BCUT2D eigenvalue weighted by Gasteiger charge is 2.14. The molecule has 1 N–H and O–H groups in total. The van der Waals surface area contributed by atoms with Crippen LogP contribution in [0.3, 0.4) is 0 Å². The van der Waals surface area contributed by atoms with E-state index in [1.54, 1.807) is 0 Å². The highest BCUT2D eigenvalue weighted by Crippen LogP contribution is 2.24. The fraction of sp³-hybridized carbons (Fsp3) is 0.353. The van der Waals surface area contributed by atoms with Crippen LogP contribution < -0.4 is 10.1 Å². The molecule has 0 fully saturated rings. The first-order chi connectivity index (χ1) is 9.70. The Morgan fingerprint density at radius 1 is 1.15 bits per heavy atom. The van der Waals surface area contributed by atoms with E-state index in [2.05, 4.69) is 29.4 Å². The molecule has 1 aromatic carbocycles. The van der Waals surface area contributed by atoms with Crippen LogP contribution >= 0.6 is 0 Å². The molecular weight excluding hydrogens is 248 g/mol. The molecule has 1 atom stereocenters. The van der Waals surface area contributed by atoms with Gasteiger partial charge in [-0.3, -0.25) is 4.98 Å². The van der Waals surface area contributed by atoms with Crippen LogP contribution in [0.5, 0.6) is 5.75 Å². The maximum absolute atomic E-state index is 5.77. The van der Waals surface area contributed by atoms with Gasteiger partial charge in [0.1, 0.15) is 5.75 Å². The molecule has 2 aromatic rings. The zero-order chi connectivity index (χ0) is 14.4. The Morgan fingerprint density at radius 3 is 2.65 bits per heavy atom. The Hall–Kier alpha value is -1.87. The molecule has 0 spiro atoms. The number of benzene rings is 1. The van der Waals surface area contributed by atoms with Gasteiger partial charge in [-0.15, -0.1) is 0 Å². The molecule has 0 radical (unpaired) electrons. The van der Waals surface area contributed by atoms with E-state index in [4.69, 9.17) is 4.74 Å². The lowest BCUT2D eigenvalue weighted by Gasteiger charge is -2.19. The third kappa shape index (κ3) is 3.81. The minimum atomic E-state index is 0.0944. The lowest BCUT2D eigenvalue weighted by atomic mass is 10.0. The number of ether oxygens (including phenoxy) is 1. The van der Waals surface area contributed by atoms with Crippen molar-refractivity contribution >= 4 is 0 Å². The molecule has 2 rings (SSSR count). The van der Waals surface area contributed by atoms with E-state index in [0.717, 1.165) is 18.0 Å². The summed E-state index contributed by atoms with van der Waals surface area (Å²) < 4.78 is 5.77. The summed E-state index contributed by atoms with van der Waals surface area (Å²) in [5.74, 6) is 0.899. The Morgan fingerprint density at radius 2 is 2.00 bits per heavy atom. The van der Waals surface area contributed by atoms with Crippen molar-refractivity contribution in [1.82, 2.24) is 10.3 Å². The zero-order valence-corrected chi connectivity index (χ0v) is 12.3. The van der Waals surface area contributed by atoms with Gasteiger partial charge in [-0.1, -0.05) is 25.1 Å². The van der Waals surface area contributed by atoms with Gasteiger partial charge in [-0.25, -0.2) is 0 Å². The molecule has 0 aliphatic carbocycles. The number of hydrogen-bond acceptors (Lipinski definition) is 3. The summed E-state index contributed by atoms with van der Waals surface area (Å²) in [4.78, 5) is 4.46. The van der Waals surface area contributed by atoms with Crippen LogP contribution in [-0.4, -0.2) is 17.6 Å².